The van der Waals surface area contributed by atoms with Crippen molar-refractivity contribution >= 4 is 65.0 Å². The van der Waals surface area contributed by atoms with Crippen LogP contribution in [0.15, 0.2) is 162 Å². The van der Waals surface area contributed by atoms with Crippen LogP contribution in [0.5, 0.6) is 0 Å². The molecular weight excluding hydrogens is 544 g/mol. The quantitative estimate of drug-likeness (QED) is 0.192. The zero-order valence-electron chi connectivity index (χ0n) is 26.3. The number of para-hydroxylation sites is 2. The van der Waals surface area contributed by atoms with Crippen LogP contribution in [0.2, 0.25) is 0 Å². The molecule has 208 valence electrons. The summed E-state index contributed by atoms with van der Waals surface area (Å²) in [6.45, 7) is 0. The van der Waals surface area contributed by atoms with Crippen LogP contribution in [0.4, 0.5) is 0 Å². The van der Waals surface area contributed by atoms with Gasteiger partial charge in [0.05, 0.1) is 2.74 Å². The van der Waals surface area contributed by atoms with Crippen LogP contribution in [-0.2, 0) is 0 Å². The van der Waals surface area contributed by atoms with Gasteiger partial charge in [-0.25, -0.2) is 0 Å². The molecule has 10 rings (SSSR count). The van der Waals surface area contributed by atoms with Crippen LogP contribution in [0, 0.1) is 0 Å². The van der Waals surface area contributed by atoms with Gasteiger partial charge in [-0.05, 0) is 77.0 Å². The lowest BCUT2D eigenvalue weighted by atomic mass is 9.87. The second-order valence-corrected chi connectivity index (χ2v) is 11.9. The van der Waals surface area contributed by atoms with E-state index in [1.165, 1.54) is 16.3 Å². The molecule has 0 aliphatic rings. The molecule has 0 aliphatic heterocycles. The van der Waals surface area contributed by atoms with E-state index < -0.39 is 0 Å². The minimum absolute atomic E-state index is 0.481. The van der Waals surface area contributed by atoms with Crippen LogP contribution >= 0.6 is 0 Å². The van der Waals surface area contributed by atoms with Gasteiger partial charge in [0.1, 0.15) is 11.2 Å². The number of hydrogen-bond donors (Lipinski definition) is 0. The summed E-state index contributed by atoms with van der Waals surface area (Å²) in [5, 5.41) is 10.5. The number of furan rings is 1. The first-order valence-corrected chi connectivity index (χ1v) is 15.3. The fourth-order valence-electron chi connectivity index (χ4n) is 7.37. The number of rotatable bonds is 3. The lowest BCUT2D eigenvalue weighted by Crippen LogP contribution is -1.90. The Balaban J connectivity index is 1.20. The van der Waals surface area contributed by atoms with E-state index in [1.54, 1.807) is 0 Å². The average molecular weight is 573 g/mol. The van der Waals surface area contributed by atoms with Gasteiger partial charge in [-0.2, -0.15) is 0 Å². The predicted molar refractivity (Wildman–Crippen MR) is 191 cm³/mol. The monoisotopic (exact) mass is 572 g/mol. The lowest BCUT2D eigenvalue weighted by Gasteiger charge is -2.17. The second kappa shape index (κ2) is 9.29. The molecule has 0 amide bonds. The highest BCUT2D eigenvalue weighted by Gasteiger charge is 2.18. The van der Waals surface area contributed by atoms with E-state index in [4.69, 9.17) is 7.16 Å². The van der Waals surface area contributed by atoms with Gasteiger partial charge in [-0.15, -0.1) is 0 Å². The molecule has 0 saturated carbocycles. The Labute approximate surface area is 262 Å². The smallest absolute Gasteiger partial charge is 0.143 e. The summed E-state index contributed by atoms with van der Waals surface area (Å²) in [4.78, 5) is 0. The Morgan fingerprint density at radius 3 is 1.80 bits per heavy atom. The summed E-state index contributed by atoms with van der Waals surface area (Å²) in [6, 6.07) is 51.4. The van der Waals surface area contributed by atoms with E-state index >= 15 is 0 Å². The molecule has 0 fully saturated rings. The van der Waals surface area contributed by atoms with Gasteiger partial charge >= 0.3 is 0 Å². The minimum atomic E-state index is 0.481. The standard InChI is InChI=1S/C44H26O/c1-2-9-32-27(7-1)8-5-11-33(32)28-15-17-29(18-16-28)34-23-19-30-22-26-38-35(24-20-31-21-25-37(34)42(30)43(31)38)39-12-6-13-40-36-10-3-4-14-41(36)45-44(39)40/h1-26H/i19D,21D. The molecule has 1 heteroatoms. The van der Waals surface area contributed by atoms with Gasteiger partial charge < -0.3 is 4.42 Å². The SMILES string of the molecule is [2H]c1cc(-c2ccc(-c3cccc4ccccc34)cc2)c2cc([2H])c3ccc(-c4cccc5c4oc4ccccc45)c4ccc1c2c34. The molecule has 0 aliphatic carbocycles. The maximum absolute atomic E-state index is 9.16. The number of fused-ring (bicyclic) bond motifs is 4. The minimum Gasteiger partial charge on any atom is -0.455 e. The Morgan fingerprint density at radius 2 is 0.956 bits per heavy atom. The molecule has 1 heterocycles. The average Bonchev–Trinajstić information content (AvgIpc) is 3.51. The van der Waals surface area contributed by atoms with Crippen LogP contribution in [-0.4, -0.2) is 0 Å². The van der Waals surface area contributed by atoms with Crippen LogP contribution in [0.25, 0.3) is 98.4 Å². The normalized spacial score (nSPS) is 12.6. The molecule has 0 saturated heterocycles. The topological polar surface area (TPSA) is 13.1 Å². The van der Waals surface area contributed by atoms with Crippen molar-refractivity contribution in [2.45, 2.75) is 0 Å². The maximum atomic E-state index is 9.16. The van der Waals surface area contributed by atoms with Crippen LogP contribution in [0.3, 0.4) is 0 Å². The molecular formula is C44H26O. The fraction of sp³-hybridized carbons (Fsp3) is 0. The Morgan fingerprint density at radius 1 is 0.356 bits per heavy atom. The van der Waals surface area contributed by atoms with Crippen molar-refractivity contribution in [2.75, 3.05) is 0 Å². The van der Waals surface area contributed by atoms with Gasteiger partial charge in [-0.3, -0.25) is 0 Å². The first-order chi connectivity index (χ1) is 23.1. The molecule has 9 aromatic carbocycles. The predicted octanol–water partition coefficient (Wildman–Crippen LogP) is 12.6. The van der Waals surface area contributed by atoms with Gasteiger partial charge in [0.2, 0.25) is 0 Å². The third kappa shape index (κ3) is 3.56. The Hall–Kier alpha value is -5.92. The molecule has 0 spiro atoms. The second-order valence-electron chi connectivity index (χ2n) is 11.9. The van der Waals surface area contributed by atoms with Crippen LogP contribution < -0.4 is 0 Å². The van der Waals surface area contributed by atoms with Crippen molar-refractivity contribution in [3.63, 3.8) is 0 Å². The zero-order chi connectivity index (χ0) is 31.2. The van der Waals surface area contributed by atoms with Gasteiger partial charge in [-0.1, -0.05) is 152 Å². The fourth-order valence-corrected chi connectivity index (χ4v) is 7.37. The van der Waals surface area contributed by atoms with Crippen LogP contribution in [0.1, 0.15) is 2.74 Å². The summed E-state index contributed by atoms with van der Waals surface area (Å²) >= 11 is 0. The van der Waals surface area contributed by atoms with E-state index in [0.29, 0.717) is 12.1 Å². The molecule has 0 atom stereocenters. The molecule has 0 unspecified atom stereocenters. The summed E-state index contributed by atoms with van der Waals surface area (Å²) < 4.78 is 24.8. The van der Waals surface area contributed by atoms with E-state index in [2.05, 4.69) is 115 Å². The van der Waals surface area contributed by atoms with Crippen molar-refractivity contribution in [3.05, 3.63) is 158 Å². The maximum Gasteiger partial charge on any atom is 0.143 e. The third-order valence-corrected chi connectivity index (χ3v) is 9.48. The van der Waals surface area contributed by atoms with Crippen molar-refractivity contribution in [1.82, 2.24) is 0 Å². The first-order valence-electron chi connectivity index (χ1n) is 16.3. The Bertz CT molecular complexity index is 2860. The number of hydrogen-bond acceptors (Lipinski definition) is 1. The van der Waals surface area contributed by atoms with E-state index in [1.807, 2.05) is 30.3 Å². The summed E-state index contributed by atoms with van der Waals surface area (Å²) in [5.74, 6) is 0. The molecule has 0 N–H and O–H groups in total. The molecule has 10 aromatic rings. The highest BCUT2D eigenvalue weighted by Crippen LogP contribution is 2.44. The van der Waals surface area contributed by atoms with Gasteiger partial charge in [0, 0.05) is 16.3 Å². The largest absolute Gasteiger partial charge is 0.455 e. The Kier molecular flexibility index (Phi) is 4.66. The first kappa shape index (κ1) is 22.6. The summed E-state index contributed by atoms with van der Waals surface area (Å²) in [7, 11) is 0. The van der Waals surface area contributed by atoms with Crippen molar-refractivity contribution in [1.29, 1.82) is 0 Å². The lowest BCUT2D eigenvalue weighted by molar-refractivity contribution is 0.670. The summed E-state index contributed by atoms with van der Waals surface area (Å²) in [5.41, 5.74) is 8.18. The molecule has 1 aromatic heterocycles. The van der Waals surface area contributed by atoms with E-state index in [9.17, 15) is 0 Å². The van der Waals surface area contributed by atoms with Gasteiger partial charge in [0.15, 0.2) is 0 Å². The highest BCUT2D eigenvalue weighted by atomic mass is 16.3. The number of benzene rings is 9. The zero-order valence-corrected chi connectivity index (χ0v) is 24.3. The third-order valence-electron chi connectivity index (χ3n) is 9.48. The molecule has 0 radical (unpaired) electrons. The van der Waals surface area contributed by atoms with E-state index in [-0.39, 0.29) is 0 Å². The molecule has 45 heavy (non-hydrogen) atoms. The molecule has 1 nitrogen and oxygen atoms in total. The van der Waals surface area contributed by atoms with Crippen molar-refractivity contribution < 1.29 is 7.16 Å². The van der Waals surface area contributed by atoms with Gasteiger partial charge in [0.25, 0.3) is 0 Å². The van der Waals surface area contributed by atoms with Crippen molar-refractivity contribution in [3.8, 4) is 33.4 Å². The summed E-state index contributed by atoms with van der Waals surface area (Å²) in [6.07, 6.45) is 0. The van der Waals surface area contributed by atoms with E-state index in [0.717, 1.165) is 82.1 Å². The molecule has 0 bridgehead atoms. The highest BCUT2D eigenvalue weighted by molar-refractivity contribution is 6.28. The van der Waals surface area contributed by atoms with Crippen molar-refractivity contribution in [2.24, 2.45) is 0 Å².